The number of fused-ring (bicyclic) bond motifs is 1. The Morgan fingerprint density at radius 2 is 2.03 bits per heavy atom. The predicted octanol–water partition coefficient (Wildman–Crippen LogP) is 4.04. The Bertz CT molecular complexity index is 1090. The van der Waals surface area contributed by atoms with E-state index in [4.69, 9.17) is 9.47 Å². The molecule has 3 rings (SSSR count). The molecule has 0 spiro atoms. The summed E-state index contributed by atoms with van der Waals surface area (Å²) in [6, 6.07) is 5.50. The number of nitrogens with zero attached hydrogens (tertiary/aromatic N) is 2. The summed E-state index contributed by atoms with van der Waals surface area (Å²) in [6.07, 6.45) is 1.72. The fraction of sp³-hybridized carbons (Fsp3) is 0.435. The third-order valence-electron chi connectivity index (χ3n) is 5.38. The largest absolute Gasteiger partial charge is 0.456 e. The zero-order chi connectivity index (χ0) is 25.8. The maximum absolute atomic E-state index is 13.0. The van der Waals surface area contributed by atoms with Crippen molar-refractivity contribution in [2.75, 3.05) is 17.6 Å². The highest BCUT2D eigenvalue weighted by Gasteiger charge is 2.51. The summed E-state index contributed by atoms with van der Waals surface area (Å²) in [7, 11) is 0. The van der Waals surface area contributed by atoms with Gasteiger partial charge in [0.25, 0.3) is 11.6 Å². The van der Waals surface area contributed by atoms with Gasteiger partial charge in [-0.1, -0.05) is 22.0 Å². The van der Waals surface area contributed by atoms with Crippen molar-refractivity contribution >= 4 is 51.3 Å². The van der Waals surface area contributed by atoms with Crippen LogP contribution in [0, 0.1) is 10.1 Å². The second-order valence-corrected chi connectivity index (χ2v) is 10.2. The number of thioether (sulfide) groups is 1. The number of hydrogen-bond donors (Lipinski definition) is 1. The molecule has 188 valence electrons. The molecule has 0 aliphatic carbocycles. The minimum atomic E-state index is -0.637. The van der Waals surface area contributed by atoms with E-state index >= 15 is 0 Å². The second kappa shape index (κ2) is 11.3. The highest BCUT2D eigenvalue weighted by molar-refractivity contribution is 9.09. The number of ether oxygens (including phenoxy) is 2. The lowest BCUT2D eigenvalue weighted by Crippen LogP contribution is -2.52. The zero-order valence-electron chi connectivity index (χ0n) is 19.5. The number of hydrogen-bond acceptors (Lipinski definition) is 8. The number of carbonyl (C=O) groups excluding carboxylic acids is 3. The molecule has 0 aromatic heterocycles. The van der Waals surface area contributed by atoms with Crippen LogP contribution in [-0.4, -0.2) is 57.1 Å². The summed E-state index contributed by atoms with van der Waals surface area (Å²) in [4.78, 5) is 49.9. The smallest absolute Gasteiger partial charge is 0.407 e. The van der Waals surface area contributed by atoms with Crippen LogP contribution in [0.3, 0.4) is 0 Å². The Kier molecular flexibility index (Phi) is 8.60. The average molecular weight is 568 g/mol. The Labute approximate surface area is 215 Å². The van der Waals surface area contributed by atoms with Crippen molar-refractivity contribution < 1.29 is 28.8 Å². The molecule has 10 nitrogen and oxygen atoms in total. The molecular formula is C23H26BrN3O7S. The summed E-state index contributed by atoms with van der Waals surface area (Å²) >= 11 is 4.67. The molecule has 1 N–H and O–H groups in total. The van der Waals surface area contributed by atoms with Crippen LogP contribution < -0.4 is 5.32 Å². The molecular weight excluding hydrogens is 542 g/mol. The summed E-state index contributed by atoms with van der Waals surface area (Å²) in [5.41, 5.74) is 0.757. The molecule has 1 unspecified atom stereocenters. The van der Waals surface area contributed by atoms with E-state index in [9.17, 15) is 24.5 Å². The van der Waals surface area contributed by atoms with Gasteiger partial charge in [-0.2, -0.15) is 0 Å². The third kappa shape index (κ3) is 6.23. The first-order valence-corrected chi connectivity index (χ1v) is 13.0. The highest BCUT2D eigenvalue weighted by atomic mass is 79.9. The quantitative estimate of drug-likeness (QED) is 0.0852. The molecule has 2 amide bonds. The van der Waals surface area contributed by atoms with Crippen molar-refractivity contribution in [1.29, 1.82) is 0 Å². The van der Waals surface area contributed by atoms with Gasteiger partial charge >= 0.3 is 12.1 Å². The standard InChI is InChI=1S/C23H26BrN3O7S/c1-4-16-17-11-18(35-10-9-25-22(30)34-23(2,3)13-24)19(26(17)20(16)28)21(29)33-12-14-5-7-15(8-6-14)27(31)32/h4-8,17H,9-13H2,1-3H3,(H,25,30)/b16-4+. The number of nitrogens with one attached hydrogen (secondary N) is 1. The topological polar surface area (TPSA) is 128 Å². The fourth-order valence-electron chi connectivity index (χ4n) is 3.59. The molecule has 1 fully saturated rings. The lowest BCUT2D eigenvalue weighted by Gasteiger charge is -2.38. The van der Waals surface area contributed by atoms with Gasteiger partial charge in [0.05, 0.1) is 11.0 Å². The van der Waals surface area contributed by atoms with E-state index < -0.39 is 22.6 Å². The first-order valence-electron chi connectivity index (χ1n) is 10.9. The lowest BCUT2D eigenvalue weighted by molar-refractivity contribution is -0.384. The average Bonchev–Trinajstić information content (AvgIpc) is 3.15. The fourth-order valence-corrected chi connectivity index (χ4v) is 4.75. The molecule has 2 aliphatic heterocycles. The monoisotopic (exact) mass is 567 g/mol. The van der Waals surface area contributed by atoms with Gasteiger partial charge in [0, 0.05) is 46.7 Å². The molecule has 0 bridgehead atoms. The second-order valence-electron chi connectivity index (χ2n) is 8.47. The molecule has 1 atom stereocenters. The number of amides is 2. The molecule has 1 aromatic rings. The molecule has 2 heterocycles. The van der Waals surface area contributed by atoms with Crippen molar-refractivity contribution in [3.05, 3.63) is 62.2 Å². The number of benzene rings is 1. The van der Waals surface area contributed by atoms with Gasteiger partial charge in [-0.25, -0.2) is 9.59 Å². The Balaban J connectivity index is 1.63. The van der Waals surface area contributed by atoms with Crippen LogP contribution in [0.15, 0.2) is 46.5 Å². The number of nitro groups is 1. The minimum absolute atomic E-state index is 0.0570. The number of alkyl halides is 1. The van der Waals surface area contributed by atoms with Crippen molar-refractivity contribution in [2.24, 2.45) is 0 Å². The van der Waals surface area contributed by atoms with E-state index in [1.165, 1.54) is 40.9 Å². The number of non-ortho nitro benzene ring substituents is 1. The van der Waals surface area contributed by atoms with E-state index in [1.807, 2.05) is 0 Å². The summed E-state index contributed by atoms with van der Waals surface area (Å²) in [5.74, 6) is -0.393. The number of nitro benzene ring substituents is 1. The number of esters is 1. The van der Waals surface area contributed by atoms with Gasteiger partial charge in [-0.3, -0.25) is 19.8 Å². The first kappa shape index (κ1) is 26.7. The highest BCUT2D eigenvalue weighted by Crippen LogP contribution is 2.46. The number of rotatable bonds is 10. The molecule has 12 heteroatoms. The third-order valence-corrected chi connectivity index (χ3v) is 7.85. The normalized spacial score (nSPS) is 18.3. The number of allylic oxidation sites excluding steroid dienone is 1. The van der Waals surface area contributed by atoms with Crippen LogP contribution in [0.5, 0.6) is 0 Å². The molecule has 0 saturated carbocycles. The number of β-lactam (4-membered cyclic amide) rings is 1. The first-order chi connectivity index (χ1) is 16.6. The summed E-state index contributed by atoms with van der Waals surface area (Å²) in [6.45, 7) is 5.58. The molecule has 1 aromatic carbocycles. The molecule has 35 heavy (non-hydrogen) atoms. The van der Waals surface area contributed by atoms with Gasteiger partial charge in [-0.05, 0) is 38.5 Å². The van der Waals surface area contributed by atoms with E-state index in [-0.39, 0.29) is 29.9 Å². The van der Waals surface area contributed by atoms with Crippen molar-refractivity contribution in [3.63, 3.8) is 0 Å². The molecule has 2 aliphatic rings. The summed E-state index contributed by atoms with van der Waals surface area (Å²) in [5, 5.41) is 14.0. The van der Waals surface area contributed by atoms with E-state index in [2.05, 4.69) is 21.2 Å². The van der Waals surface area contributed by atoms with Gasteiger partial charge in [0.15, 0.2) is 0 Å². The van der Waals surface area contributed by atoms with Gasteiger partial charge < -0.3 is 14.8 Å². The SMILES string of the molecule is C/C=C1/C(=O)N2C(C(=O)OCc3ccc([N+](=O)[O-])cc3)=C(SCCNC(=O)OC(C)(C)CBr)CC12. The molecule has 1 saturated heterocycles. The summed E-state index contributed by atoms with van der Waals surface area (Å²) < 4.78 is 10.7. The van der Waals surface area contributed by atoms with E-state index in [0.29, 0.717) is 40.1 Å². The Hall–Kier alpha value is -2.86. The van der Waals surface area contributed by atoms with E-state index in [1.54, 1.807) is 26.8 Å². The van der Waals surface area contributed by atoms with Crippen molar-refractivity contribution in [2.45, 2.75) is 45.4 Å². The predicted molar refractivity (Wildman–Crippen MR) is 134 cm³/mol. The zero-order valence-corrected chi connectivity index (χ0v) is 21.9. The maximum atomic E-state index is 13.0. The van der Waals surface area contributed by atoms with Crippen LogP contribution >= 0.6 is 27.7 Å². The van der Waals surface area contributed by atoms with Gasteiger partial charge in [0.1, 0.15) is 17.9 Å². The van der Waals surface area contributed by atoms with Gasteiger partial charge in [-0.15, -0.1) is 11.8 Å². The molecule has 0 radical (unpaired) electrons. The van der Waals surface area contributed by atoms with Crippen LogP contribution in [0.25, 0.3) is 0 Å². The van der Waals surface area contributed by atoms with E-state index in [0.717, 1.165) is 0 Å². The van der Waals surface area contributed by atoms with Gasteiger partial charge in [0.2, 0.25) is 0 Å². The number of alkyl carbamates (subject to hydrolysis) is 1. The van der Waals surface area contributed by atoms with Crippen molar-refractivity contribution in [3.8, 4) is 0 Å². The Morgan fingerprint density at radius 3 is 2.63 bits per heavy atom. The van der Waals surface area contributed by atoms with Crippen molar-refractivity contribution in [1.82, 2.24) is 10.2 Å². The van der Waals surface area contributed by atoms with Crippen LogP contribution in [0.1, 0.15) is 32.8 Å². The number of carbonyl (C=O) groups is 3. The Morgan fingerprint density at radius 1 is 1.34 bits per heavy atom. The van der Waals surface area contributed by atoms with Crippen LogP contribution in [0.4, 0.5) is 10.5 Å². The lowest BCUT2D eigenvalue weighted by atomic mass is 9.94. The maximum Gasteiger partial charge on any atom is 0.407 e. The van der Waals surface area contributed by atoms with Crippen LogP contribution in [0.2, 0.25) is 0 Å². The van der Waals surface area contributed by atoms with Crippen LogP contribution in [-0.2, 0) is 25.7 Å². The minimum Gasteiger partial charge on any atom is -0.456 e. The number of halogens is 1.